The molecule has 2 aliphatic heterocycles. The van der Waals surface area contributed by atoms with Crippen molar-refractivity contribution in [3.63, 3.8) is 0 Å². The molecule has 0 N–H and O–H groups in total. The van der Waals surface area contributed by atoms with Crippen LogP contribution >= 0.6 is 11.6 Å². The number of likely N-dealkylation sites (tertiary alicyclic amines) is 2. The summed E-state index contributed by atoms with van der Waals surface area (Å²) in [5.41, 5.74) is 1.47. The number of halogens is 4. The van der Waals surface area contributed by atoms with E-state index in [1.165, 1.54) is 17.7 Å². The zero-order valence-corrected chi connectivity index (χ0v) is 20.6. The molecule has 8 heteroatoms. The van der Waals surface area contributed by atoms with E-state index in [4.69, 9.17) is 16.3 Å². The minimum atomic E-state index is -4.42. The van der Waals surface area contributed by atoms with Gasteiger partial charge >= 0.3 is 6.18 Å². The van der Waals surface area contributed by atoms with Crippen molar-refractivity contribution in [2.24, 2.45) is 11.8 Å². The predicted octanol–water partition coefficient (Wildman–Crippen LogP) is 6.18. The van der Waals surface area contributed by atoms with Crippen LogP contribution in [0.5, 0.6) is 5.75 Å². The number of ether oxygens (including phenoxy) is 1. The maximum absolute atomic E-state index is 13.2. The normalized spacial score (nSPS) is 21.8. The lowest BCUT2D eigenvalue weighted by Crippen LogP contribution is -2.41. The fourth-order valence-corrected chi connectivity index (χ4v) is 5.68. The summed E-state index contributed by atoms with van der Waals surface area (Å²) < 4.78 is 45.3. The molecule has 0 spiro atoms. The zero-order chi connectivity index (χ0) is 25.1. The van der Waals surface area contributed by atoms with Crippen molar-refractivity contribution in [1.82, 2.24) is 14.8 Å². The number of aromatic nitrogens is 1. The number of pyridine rings is 1. The first-order chi connectivity index (χ1) is 17.4. The molecule has 2 aromatic carbocycles. The third kappa shape index (κ3) is 5.69. The Bertz CT molecular complexity index is 1140. The van der Waals surface area contributed by atoms with Crippen molar-refractivity contribution in [1.29, 1.82) is 0 Å². The van der Waals surface area contributed by atoms with Crippen LogP contribution in [0.2, 0.25) is 5.02 Å². The molecule has 2 aliphatic rings. The Kier molecular flexibility index (Phi) is 7.51. The van der Waals surface area contributed by atoms with Gasteiger partial charge in [-0.3, -0.25) is 14.8 Å². The average molecular weight is 516 g/mol. The third-order valence-electron chi connectivity index (χ3n) is 7.29. The van der Waals surface area contributed by atoms with E-state index < -0.39 is 11.7 Å². The van der Waals surface area contributed by atoms with Crippen LogP contribution in [0.25, 0.3) is 0 Å². The SMILES string of the molecule is FC(F)(F)c1ccccc1OCCN1CCC2CN(C(c3ccc(Cl)cc3)c3ccccn3)C[C@@H]2C1. The summed E-state index contributed by atoms with van der Waals surface area (Å²) >= 11 is 6.15. The highest BCUT2D eigenvalue weighted by atomic mass is 35.5. The van der Waals surface area contributed by atoms with E-state index in [0.29, 0.717) is 23.4 Å². The number of benzene rings is 2. The van der Waals surface area contributed by atoms with E-state index in [1.54, 1.807) is 6.07 Å². The summed E-state index contributed by atoms with van der Waals surface area (Å²) in [6, 6.07) is 19.5. The maximum Gasteiger partial charge on any atom is 0.419 e. The molecule has 0 aliphatic carbocycles. The first kappa shape index (κ1) is 25.1. The van der Waals surface area contributed by atoms with Crippen molar-refractivity contribution >= 4 is 11.6 Å². The minimum absolute atomic E-state index is 0.0599. The lowest BCUT2D eigenvalue weighted by molar-refractivity contribution is -0.139. The number of nitrogens with zero attached hydrogens (tertiary/aromatic N) is 3. The molecule has 3 heterocycles. The van der Waals surface area contributed by atoms with Gasteiger partial charge in [0.2, 0.25) is 0 Å². The number of para-hydroxylation sites is 1. The Hall–Kier alpha value is -2.61. The van der Waals surface area contributed by atoms with Crippen molar-refractivity contribution in [3.8, 4) is 5.75 Å². The smallest absolute Gasteiger partial charge is 0.419 e. The lowest BCUT2D eigenvalue weighted by atomic mass is 9.89. The van der Waals surface area contributed by atoms with Gasteiger partial charge in [-0.25, -0.2) is 0 Å². The van der Waals surface area contributed by atoms with E-state index in [-0.39, 0.29) is 18.4 Å². The van der Waals surface area contributed by atoms with Crippen LogP contribution in [-0.4, -0.2) is 54.1 Å². The van der Waals surface area contributed by atoms with Crippen LogP contribution in [0.1, 0.15) is 29.3 Å². The quantitative estimate of drug-likeness (QED) is 0.376. The van der Waals surface area contributed by atoms with Gasteiger partial charge in [0.15, 0.2) is 0 Å². The van der Waals surface area contributed by atoms with E-state index in [2.05, 4.69) is 33.0 Å². The topological polar surface area (TPSA) is 28.6 Å². The maximum atomic E-state index is 13.2. The number of alkyl halides is 3. The minimum Gasteiger partial charge on any atom is -0.492 e. The van der Waals surface area contributed by atoms with Crippen LogP contribution in [0.3, 0.4) is 0 Å². The third-order valence-corrected chi connectivity index (χ3v) is 7.54. The lowest BCUT2D eigenvalue weighted by Gasteiger charge is -2.34. The Morgan fingerprint density at radius 3 is 2.44 bits per heavy atom. The standard InChI is InChI=1S/C28H29ClF3N3O/c29-23-10-8-20(9-11-23)27(25-6-3-4-13-33-25)35-18-21-12-14-34(17-22(21)19-35)15-16-36-26-7-2-1-5-24(26)28(30,31)32/h1-11,13,21-22,27H,12,14-19H2/t21?,22-,27?/m0/s1. The van der Waals surface area contributed by atoms with Gasteiger partial charge in [-0.1, -0.05) is 41.9 Å². The molecule has 1 aromatic heterocycles. The number of piperidine rings is 1. The molecule has 2 unspecified atom stereocenters. The molecular weight excluding hydrogens is 487 g/mol. The molecule has 2 saturated heterocycles. The van der Waals surface area contributed by atoms with Gasteiger partial charge in [0, 0.05) is 37.4 Å². The van der Waals surface area contributed by atoms with Crippen molar-refractivity contribution in [3.05, 3.63) is 94.8 Å². The van der Waals surface area contributed by atoms with Crippen molar-refractivity contribution in [2.45, 2.75) is 18.6 Å². The zero-order valence-electron chi connectivity index (χ0n) is 19.9. The highest BCUT2D eigenvalue weighted by Crippen LogP contribution is 2.39. The summed E-state index contributed by atoms with van der Waals surface area (Å²) in [6.07, 6.45) is -1.52. The van der Waals surface area contributed by atoms with Gasteiger partial charge in [-0.05, 0) is 66.8 Å². The highest BCUT2D eigenvalue weighted by molar-refractivity contribution is 6.30. The highest BCUT2D eigenvalue weighted by Gasteiger charge is 2.40. The molecule has 36 heavy (non-hydrogen) atoms. The van der Waals surface area contributed by atoms with Crippen LogP contribution in [-0.2, 0) is 6.18 Å². The molecule has 0 saturated carbocycles. The predicted molar refractivity (Wildman–Crippen MR) is 134 cm³/mol. The Morgan fingerprint density at radius 2 is 1.69 bits per heavy atom. The molecule has 2 fully saturated rings. The fourth-order valence-electron chi connectivity index (χ4n) is 5.56. The first-order valence-corrected chi connectivity index (χ1v) is 12.7. The van der Waals surface area contributed by atoms with E-state index in [0.717, 1.165) is 44.4 Å². The molecule has 0 amide bonds. The molecule has 5 rings (SSSR count). The summed E-state index contributed by atoms with van der Waals surface area (Å²) in [4.78, 5) is 9.50. The Labute approximate surface area is 214 Å². The molecule has 4 nitrogen and oxygen atoms in total. The molecule has 3 atom stereocenters. The van der Waals surface area contributed by atoms with Gasteiger partial charge in [0.05, 0.1) is 17.3 Å². The average Bonchev–Trinajstić information content (AvgIpc) is 3.28. The van der Waals surface area contributed by atoms with Crippen LogP contribution in [0.4, 0.5) is 13.2 Å². The molecule has 0 bridgehead atoms. The van der Waals surface area contributed by atoms with Gasteiger partial charge in [-0.15, -0.1) is 0 Å². The second-order valence-electron chi connectivity index (χ2n) is 9.61. The van der Waals surface area contributed by atoms with Crippen molar-refractivity contribution in [2.75, 3.05) is 39.3 Å². The Morgan fingerprint density at radius 1 is 0.944 bits per heavy atom. The van der Waals surface area contributed by atoms with E-state index >= 15 is 0 Å². The Balaban J connectivity index is 1.22. The molecule has 0 radical (unpaired) electrons. The van der Waals surface area contributed by atoms with E-state index in [1.807, 2.05) is 30.5 Å². The van der Waals surface area contributed by atoms with E-state index in [9.17, 15) is 13.2 Å². The number of rotatable bonds is 7. The van der Waals surface area contributed by atoms with Gasteiger partial charge in [-0.2, -0.15) is 13.2 Å². The van der Waals surface area contributed by atoms with Gasteiger partial charge in [0.25, 0.3) is 0 Å². The van der Waals surface area contributed by atoms with Crippen LogP contribution < -0.4 is 4.74 Å². The summed E-state index contributed by atoms with van der Waals surface area (Å²) in [5, 5.41) is 0.712. The van der Waals surface area contributed by atoms with Crippen LogP contribution in [0.15, 0.2) is 72.9 Å². The monoisotopic (exact) mass is 515 g/mol. The molecule has 3 aromatic rings. The second-order valence-corrected chi connectivity index (χ2v) is 10.1. The first-order valence-electron chi connectivity index (χ1n) is 12.3. The van der Waals surface area contributed by atoms with Crippen molar-refractivity contribution < 1.29 is 17.9 Å². The summed E-state index contributed by atoms with van der Waals surface area (Å²) in [5.74, 6) is 0.986. The van der Waals surface area contributed by atoms with Crippen LogP contribution in [0, 0.1) is 11.8 Å². The molecular formula is C28H29ClF3N3O. The molecule has 190 valence electrons. The largest absolute Gasteiger partial charge is 0.492 e. The second kappa shape index (κ2) is 10.8. The number of hydrogen-bond acceptors (Lipinski definition) is 4. The summed E-state index contributed by atoms with van der Waals surface area (Å²) in [6.45, 7) is 4.63. The number of fused-ring (bicyclic) bond motifs is 1. The van der Waals surface area contributed by atoms with Gasteiger partial charge < -0.3 is 4.74 Å². The number of hydrogen-bond donors (Lipinski definition) is 0. The van der Waals surface area contributed by atoms with Gasteiger partial charge in [0.1, 0.15) is 12.4 Å². The summed E-state index contributed by atoms with van der Waals surface area (Å²) in [7, 11) is 0. The fraction of sp³-hybridized carbons (Fsp3) is 0.393.